The van der Waals surface area contributed by atoms with E-state index in [1.54, 1.807) is 9.58 Å². The number of methoxy groups -OCH3 is 1. The highest BCUT2D eigenvalue weighted by molar-refractivity contribution is 6.27. The molecule has 0 saturated heterocycles. The Morgan fingerprint density at radius 1 is 1.53 bits per heavy atom. The van der Waals surface area contributed by atoms with E-state index in [9.17, 15) is 9.59 Å². The average Bonchev–Trinajstić information content (AvgIpc) is 2.79. The van der Waals surface area contributed by atoms with Crippen molar-refractivity contribution in [1.29, 1.82) is 0 Å². The molecule has 0 atom stereocenters. The Morgan fingerprint density at radius 3 is 2.94 bits per heavy atom. The molecule has 0 unspecified atom stereocenters. The number of fused-ring (bicyclic) bond motifs is 1. The van der Waals surface area contributed by atoms with Gasteiger partial charge in [-0.05, 0) is 0 Å². The largest absolute Gasteiger partial charge is 0.465 e. The van der Waals surface area contributed by atoms with Crippen LogP contribution in [0.3, 0.4) is 0 Å². The molecule has 0 aromatic carbocycles. The molecule has 2 rings (SSSR count). The van der Waals surface area contributed by atoms with Gasteiger partial charge in [0.05, 0.1) is 32.1 Å². The number of aromatic nitrogens is 2. The van der Waals surface area contributed by atoms with Gasteiger partial charge in [0.1, 0.15) is 11.4 Å². The zero-order valence-corrected chi connectivity index (χ0v) is 10.1. The molecule has 17 heavy (non-hydrogen) atoms. The van der Waals surface area contributed by atoms with Crippen LogP contribution in [0.2, 0.25) is 0 Å². The van der Waals surface area contributed by atoms with Crippen molar-refractivity contribution in [3.05, 3.63) is 17.5 Å². The number of esters is 1. The lowest BCUT2D eigenvalue weighted by atomic mass is 10.2. The van der Waals surface area contributed by atoms with E-state index < -0.39 is 5.97 Å². The molecule has 0 N–H and O–H groups in total. The highest BCUT2D eigenvalue weighted by Crippen LogP contribution is 2.17. The van der Waals surface area contributed by atoms with Crippen LogP contribution in [0.1, 0.15) is 16.1 Å². The Kier molecular flexibility index (Phi) is 3.33. The third-order valence-corrected chi connectivity index (χ3v) is 2.97. The molecule has 0 aliphatic carbocycles. The van der Waals surface area contributed by atoms with Gasteiger partial charge in [-0.2, -0.15) is 5.10 Å². The van der Waals surface area contributed by atoms with Crippen LogP contribution in [0.4, 0.5) is 0 Å². The lowest BCUT2D eigenvalue weighted by Crippen LogP contribution is -2.39. The average molecular weight is 258 g/mol. The number of alkyl halides is 1. The lowest BCUT2D eigenvalue weighted by molar-refractivity contribution is -0.129. The fourth-order valence-electron chi connectivity index (χ4n) is 1.82. The summed E-state index contributed by atoms with van der Waals surface area (Å²) < 4.78 is 6.37. The molecule has 92 valence electrons. The minimum atomic E-state index is -0.438. The summed E-state index contributed by atoms with van der Waals surface area (Å²) in [4.78, 5) is 24.6. The first-order valence-electron chi connectivity index (χ1n) is 5.14. The normalized spacial score (nSPS) is 14.4. The van der Waals surface area contributed by atoms with Gasteiger partial charge in [-0.1, -0.05) is 0 Å². The van der Waals surface area contributed by atoms with Crippen molar-refractivity contribution >= 4 is 23.5 Å². The van der Waals surface area contributed by atoms with Crippen molar-refractivity contribution in [2.75, 3.05) is 19.5 Å². The smallest absolute Gasteiger partial charge is 0.341 e. The van der Waals surface area contributed by atoms with Gasteiger partial charge in [0.2, 0.25) is 5.91 Å². The van der Waals surface area contributed by atoms with Crippen LogP contribution in [-0.2, 0) is 22.6 Å². The van der Waals surface area contributed by atoms with Gasteiger partial charge < -0.3 is 9.64 Å². The van der Waals surface area contributed by atoms with E-state index >= 15 is 0 Å². The minimum Gasteiger partial charge on any atom is -0.465 e. The monoisotopic (exact) mass is 257 g/mol. The maximum Gasteiger partial charge on any atom is 0.341 e. The number of ether oxygens (including phenoxy) is 1. The van der Waals surface area contributed by atoms with Crippen molar-refractivity contribution in [2.24, 2.45) is 0 Å². The Balaban J connectivity index is 2.26. The van der Waals surface area contributed by atoms with E-state index in [1.807, 2.05) is 0 Å². The third kappa shape index (κ3) is 2.12. The highest BCUT2D eigenvalue weighted by Gasteiger charge is 2.26. The predicted octanol–water partition coefficient (Wildman–Crippen LogP) is 0.251. The second-order valence-electron chi connectivity index (χ2n) is 3.67. The van der Waals surface area contributed by atoms with Gasteiger partial charge in [0, 0.05) is 6.54 Å². The van der Waals surface area contributed by atoms with E-state index in [4.69, 9.17) is 11.6 Å². The topological polar surface area (TPSA) is 64.4 Å². The summed E-state index contributed by atoms with van der Waals surface area (Å²) in [5, 5.41) is 4.09. The number of hydrogen-bond donors (Lipinski definition) is 0. The van der Waals surface area contributed by atoms with Crippen molar-refractivity contribution in [3.8, 4) is 0 Å². The van der Waals surface area contributed by atoms with Crippen LogP contribution in [0.5, 0.6) is 0 Å². The van der Waals surface area contributed by atoms with Crippen LogP contribution in [-0.4, -0.2) is 46.1 Å². The number of carbonyl (C=O) groups is 2. The van der Waals surface area contributed by atoms with Crippen molar-refractivity contribution in [2.45, 2.75) is 13.1 Å². The van der Waals surface area contributed by atoms with E-state index in [0.717, 1.165) is 0 Å². The first kappa shape index (κ1) is 11.9. The maximum atomic E-state index is 11.5. The number of hydrogen-bond acceptors (Lipinski definition) is 4. The SMILES string of the molecule is COC(=O)c1cnn2c1CN(C(=O)CCl)CC2. The van der Waals surface area contributed by atoms with E-state index in [1.165, 1.54) is 13.3 Å². The second kappa shape index (κ2) is 4.75. The number of halogens is 1. The van der Waals surface area contributed by atoms with E-state index in [0.29, 0.717) is 30.9 Å². The summed E-state index contributed by atoms with van der Waals surface area (Å²) >= 11 is 5.51. The Morgan fingerprint density at radius 2 is 2.29 bits per heavy atom. The molecule has 0 fully saturated rings. The predicted molar refractivity (Wildman–Crippen MR) is 59.7 cm³/mol. The fraction of sp³-hybridized carbons (Fsp3) is 0.500. The van der Waals surface area contributed by atoms with Gasteiger partial charge in [0.25, 0.3) is 0 Å². The van der Waals surface area contributed by atoms with Crippen molar-refractivity contribution < 1.29 is 14.3 Å². The molecule has 1 aliphatic heterocycles. The Bertz CT molecular complexity index is 458. The summed E-state index contributed by atoms with van der Waals surface area (Å²) in [7, 11) is 1.32. The standard InChI is InChI=1S/C10H12ClN3O3/c1-17-10(16)7-5-12-14-3-2-13(6-8(7)14)9(15)4-11/h5H,2-4,6H2,1H3. The van der Waals surface area contributed by atoms with Crippen LogP contribution in [0, 0.1) is 0 Å². The second-order valence-corrected chi connectivity index (χ2v) is 3.94. The van der Waals surface area contributed by atoms with Gasteiger partial charge in [-0.15, -0.1) is 11.6 Å². The molecular formula is C10H12ClN3O3. The van der Waals surface area contributed by atoms with Crippen molar-refractivity contribution in [3.63, 3.8) is 0 Å². The lowest BCUT2D eigenvalue weighted by Gasteiger charge is -2.27. The number of rotatable bonds is 2. The first-order valence-corrected chi connectivity index (χ1v) is 5.67. The van der Waals surface area contributed by atoms with E-state index in [2.05, 4.69) is 9.84 Å². The molecule has 6 nitrogen and oxygen atoms in total. The zero-order valence-electron chi connectivity index (χ0n) is 9.35. The summed E-state index contributed by atoms with van der Waals surface area (Å²) in [6.07, 6.45) is 1.47. The van der Waals surface area contributed by atoms with Crippen LogP contribution >= 0.6 is 11.6 Å². The first-order chi connectivity index (χ1) is 8.17. The quantitative estimate of drug-likeness (QED) is 0.563. The Labute approximate surface area is 103 Å². The minimum absolute atomic E-state index is 0.0539. The molecule has 1 aromatic heterocycles. The van der Waals surface area contributed by atoms with Crippen LogP contribution in [0.15, 0.2) is 6.20 Å². The molecule has 2 heterocycles. The molecule has 0 saturated carbocycles. The molecule has 0 radical (unpaired) electrons. The van der Waals surface area contributed by atoms with Gasteiger partial charge in [0.15, 0.2) is 0 Å². The number of amides is 1. The molecule has 0 bridgehead atoms. The molecule has 1 aromatic rings. The summed E-state index contributed by atoms with van der Waals surface area (Å²) in [5.74, 6) is -0.636. The molecule has 1 aliphatic rings. The highest BCUT2D eigenvalue weighted by atomic mass is 35.5. The number of carbonyl (C=O) groups excluding carboxylic acids is 2. The van der Waals surface area contributed by atoms with Crippen LogP contribution in [0.25, 0.3) is 0 Å². The molecule has 0 spiro atoms. The summed E-state index contributed by atoms with van der Waals surface area (Å²) in [6.45, 7) is 1.46. The maximum absolute atomic E-state index is 11.5. The summed E-state index contributed by atoms with van der Waals surface area (Å²) in [6, 6.07) is 0. The zero-order chi connectivity index (χ0) is 12.4. The Hall–Kier alpha value is -1.56. The van der Waals surface area contributed by atoms with E-state index in [-0.39, 0.29) is 11.8 Å². The van der Waals surface area contributed by atoms with Gasteiger partial charge in [-0.25, -0.2) is 4.79 Å². The van der Waals surface area contributed by atoms with Crippen LogP contribution < -0.4 is 0 Å². The molecule has 1 amide bonds. The molecular weight excluding hydrogens is 246 g/mol. The summed E-state index contributed by atoms with van der Waals surface area (Å²) in [5.41, 5.74) is 1.10. The van der Waals surface area contributed by atoms with Gasteiger partial charge >= 0.3 is 5.97 Å². The fourth-order valence-corrected chi connectivity index (χ4v) is 1.99. The number of nitrogens with zero attached hydrogens (tertiary/aromatic N) is 3. The van der Waals surface area contributed by atoms with Gasteiger partial charge in [-0.3, -0.25) is 9.48 Å². The van der Waals surface area contributed by atoms with Crippen molar-refractivity contribution in [1.82, 2.24) is 14.7 Å². The third-order valence-electron chi connectivity index (χ3n) is 2.74. The molecule has 7 heteroatoms.